The highest BCUT2D eigenvalue weighted by Crippen LogP contribution is 2.17. The Morgan fingerprint density at radius 3 is 1.59 bits per heavy atom. The fourth-order valence-electron chi connectivity index (χ4n) is 3.75. The average Bonchev–Trinajstić information content (AvgIpc) is 2.71. The van der Waals surface area contributed by atoms with E-state index in [-0.39, 0.29) is 17.3 Å². The quantitative estimate of drug-likeness (QED) is 0.156. The van der Waals surface area contributed by atoms with E-state index in [9.17, 15) is 9.59 Å². The zero-order valence-electron chi connectivity index (χ0n) is 22.3. The molecular formula is C27H53NO4. The Balaban J connectivity index is 3.91. The fourth-order valence-corrected chi connectivity index (χ4v) is 3.75. The van der Waals surface area contributed by atoms with Gasteiger partial charge in [-0.25, -0.2) is 9.59 Å². The van der Waals surface area contributed by atoms with Crippen LogP contribution in [0.25, 0.3) is 0 Å². The van der Waals surface area contributed by atoms with Crippen molar-refractivity contribution in [3.63, 3.8) is 0 Å². The first-order valence-corrected chi connectivity index (χ1v) is 13.2. The van der Waals surface area contributed by atoms with E-state index in [1.165, 1.54) is 75.5 Å². The standard InChI is InChI=1S/C27H53NO4/c1-8-9-10-11-12-13-14-15-16-17-18-19-20-21-31-25(29)24(23(2)3)28(7)26(30)32-22-27(4,5)6/h23-24H,8-22H2,1-7H3. The SMILES string of the molecule is CCCCCCCCCCCCCCCOC(=O)C(C(C)C)N(C)C(=O)OCC(C)(C)C. The second-order valence-corrected chi connectivity index (χ2v) is 10.8. The number of unbranched alkanes of at least 4 members (excludes halogenated alkanes) is 12. The normalized spacial score (nSPS) is 12.6. The van der Waals surface area contributed by atoms with Gasteiger partial charge in [-0.1, -0.05) is 119 Å². The van der Waals surface area contributed by atoms with Gasteiger partial charge in [0.05, 0.1) is 13.2 Å². The number of ether oxygens (including phenoxy) is 2. The van der Waals surface area contributed by atoms with Gasteiger partial charge in [0, 0.05) is 7.05 Å². The van der Waals surface area contributed by atoms with Crippen molar-refractivity contribution >= 4 is 12.1 Å². The Hall–Kier alpha value is -1.26. The van der Waals surface area contributed by atoms with Gasteiger partial charge < -0.3 is 9.47 Å². The first-order chi connectivity index (χ1) is 15.1. The van der Waals surface area contributed by atoms with Crippen LogP contribution in [-0.4, -0.2) is 43.3 Å². The minimum absolute atomic E-state index is 0.0404. The minimum Gasteiger partial charge on any atom is -0.464 e. The number of hydrogen-bond acceptors (Lipinski definition) is 4. The third-order valence-corrected chi connectivity index (χ3v) is 5.70. The van der Waals surface area contributed by atoms with Crippen molar-refractivity contribution in [2.45, 2.75) is 131 Å². The van der Waals surface area contributed by atoms with E-state index in [4.69, 9.17) is 9.47 Å². The summed E-state index contributed by atoms with van der Waals surface area (Å²) in [5.41, 5.74) is -0.113. The molecule has 0 bridgehead atoms. The zero-order valence-corrected chi connectivity index (χ0v) is 22.3. The van der Waals surface area contributed by atoms with Gasteiger partial charge in [-0.15, -0.1) is 0 Å². The number of nitrogens with zero attached hydrogens (tertiary/aromatic N) is 1. The van der Waals surface area contributed by atoms with Crippen LogP contribution in [-0.2, 0) is 14.3 Å². The number of carbonyl (C=O) groups excluding carboxylic acids is 2. The largest absolute Gasteiger partial charge is 0.464 e. The molecule has 0 saturated carbocycles. The molecular weight excluding hydrogens is 402 g/mol. The molecule has 0 aliphatic carbocycles. The topological polar surface area (TPSA) is 55.8 Å². The molecule has 0 N–H and O–H groups in total. The molecule has 1 atom stereocenters. The van der Waals surface area contributed by atoms with E-state index in [1.807, 2.05) is 34.6 Å². The maximum atomic E-state index is 12.6. The molecule has 0 spiro atoms. The molecule has 1 unspecified atom stereocenters. The van der Waals surface area contributed by atoms with Crippen LogP contribution in [0.15, 0.2) is 0 Å². The van der Waals surface area contributed by atoms with Gasteiger partial charge in [0.25, 0.3) is 0 Å². The predicted molar refractivity (Wildman–Crippen MR) is 134 cm³/mol. The van der Waals surface area contributed by atoms with Crippen molar-refractivity contribution in [2.24, 2.45) is 11.3 Å². The van der Waals surface area contributed by atoms with Crippen LogP contribution in [0.1, 0.15) is 125 Å². The molecule has 1 amide bonds. The molecule has 0 aliphatic heterocycles. The van der Waals surface area contributed by atoms with Gasteiger partial charge in [-0.05, 0) is 17.8 Å². The van der Waals surface area contributed by atoms with E-state index in [1.54, 1.807) is 7.05 Å². The van der Waals surface area contributed by atoms with Gasteiger partial charge >= 0.3 is 12.1 Å². The summed E-state index contributed by atoms with van der Waals surface area (Å²) in [4.78, 5) is 26.3. The molecule has 5 nitrogen and oxygen atoms in total. The van der Waals surface area contributed by atoms with Gasteiger partial charge in [0.2, 0.25) is 0 Å². The molecule has 190 valence electrons. The number of rotatable bonds is 18. The van der Waals surface area contributed by atoms with Crippen molar-refractivity contribution in [1.82, 2.24) is 4.90 Å². The van der Waals surface area contributed by atoms with Crippen LogP contribution >= 0.6 is 0 Å². The van der Waals surface area contributed by atoms with Crippen molar-refractivity contribution in [3.8, 4) is 0 Å². The monoisotopic (exact) mass is 455 g/mol. The maximum Gasteiger partial charge on any atom is 0.410 e. The molecule has 0 fully saturated rings. The molecule has 0 rings (SSSR count). The van der Waals surface area contributed by atoms with Crippen LogP contribution < -0.4 is 0 Å². The van der Waals surface area contributed by atoms with Gasteiger partial charge in [0.15, 0.2) is 0 Å². The molecule has 5 heteroatoms. The lowest BCUT2D eigenvalue weighted by molar-refractivity contribution is -0.150. The average molecular weight is 456 g/mol. The maximum absolute atomic E-state index is 12.6. The predicted octanol–water partition coefficient (Wildman–Crippen LogP) is 7.76. The van der Waals surface area contributed by atoms with Crippen molar-refractivity contribution in [3.05, 3.63) is 0 Å². The molecule has 32 heavy (non-hydrogen) atoms. The number of esters is 1. The summed E-state index contributed by atoms with van der Waals surface area (Å²) < 4.78 is 10.8. The molecule has 0 aromatic rings. The summed E-state index contributed by atoms with van der Waals surface area (Å²) in [5, 5.41) is 0. The van der Waals surface area contributed by atoms with Crippen molar-refractivity contribution < 1.29 is 19.1 Å². The van der Waals surface area contributed by atoms with E-state index in [2.05, 4.69) is 6.92 Å². The molecule has 0 saturated heterocycles. The zero-order chi connectivity index (χ0) is 24.4. The third-order valence-electron chi connectivity index (χ3n) is 5.70. The molecule has 0 radical (unpaired) electrons. The Morgan fingerprint density at radius 1 is 0.750 bits per heavy atom. The van der Waals surface area contributed by atoms with E-state index in [0.29, 0.717) is 13.2 Å². The highest BCUT2D eigenvalue weighted by Gasteiger charge is 2.32. The number of hydrogen-bond donors (Lipinski definition) is 0. The summed E-state index contributed by atoms with van der Waals surface area (Å²) in [6.07, 6.45) is 16.3. The Bertz CT molecular complexity index is 485. The van der Waals surface area contributed by atoms with E-state index < -0.39 is 12.1 Å². The minimum atomic E-state index is -0.621. The number of likely N-dealkylation sites (N-methyl/N-ethyl adjacent to an activating group) is 1. The van der Waals surface area contributed by atoms with E-state index >= 15 is 0 Å². The fraction of sp³-hybridized carbons (Fsp3) is 0.926. The molecule has 0 heterocycles. The first kappa shape index (κ1) is 30.7. The summed E-state index contributed by atoms with van der Waals surface area (Å²) in [7, 11) is 1.61. The Morgan fingerprint density at radius 2 is 1.19 bits per heavy atom. The summed E-state index contributed by atoms with van der Waals surface area (Å²) in [6.45, 7) is 12.9. The van der Waals surface area contributed by atoms with Crippen LogP contribution in [0.5, 0.6) is 0 Å². The molecule has 0 aromatic heterocycles. The lowest BCUT2D eigenvalue weighted by atomic mass is 9.99. The third kappa shape index (κ3) is 16.4. The Kier molecular flexibility index (Phi) is 17.5. The second-order valence-electron chi connectivity index (χ2n) is 10.8. The number of amides is 1. The highest BCUT2D eigenvalue weighted by molar-refractivity contribution is 5.81. The van der Waals surface area contributed by atoms with Crippen molar-refractivity contribution in [2.75, 3.05) is 20.3 Å². The molecule has 0 aliphatic rings. The summed E-state index contributed by atoms with van der Waals surface area (Å²) in [5.74, 6) is -0.379. The van der Waals surface area contributed by atoms with Crippen LogP contribution in [0, 0.1) is 11.3 Å². The van der Waals surface area contributed by atoms with Gasteiger partial charge in [0.1, 0.15) is 6.04 Å². The van der Waals surface area contributed by atoms with Crippen molar-refractivity contribution in [1.29, 1.82) is 0 Å². The summed E-state index contributed by atoms with van der Waals surface area (Å²) in [6, 6.07) is -0.621. The number of carbonyl (C=O) groups is 2. The molecule has 0 aromatic carbocycles. The van der Waals surface area contributed by atoms with E-state index in [0.717, 1.165) is 12.8 Å². The smallest absolute Gasteiger partial charge is 0.410 e. The van der Waals surface area contributed by atoms with Gasteiger partial charge in [-0.2, -0.15) is 0 Å². The highest BCUT2D eigenvalue weighted by atomic mass is 16.6. The van der Waals surface area contributed by atoms with Crippen LogP contribution in [0.2, 0.25) is 0 Å². The Labute approximate surface area is 199 Å². The van der Waals surface area contributed by atoms with Crippen LogP contribution in [0.3, 0.4) is 0 Å². The van der Waals surface area contributed by atoms with Crippen LogP contribution in [0.4, 0.5) is 4.79 Å². The summed E-state index contributed by atoms with van der Waals surface area (Å²) >= 11 is 0. The second kappa shape index (κ2) is 18.2. The van der Waals surface area contributed by atoms with Gasteiger partial charge in [-0.3, -0.25) is 4.90 Å². The lowest BCUT2D eigenvalue weighted by Crippen LogP contribution is -2.47. The first-order valence-electron chi connectivity index (χ1n) is 13.2. The lowest BCUT2D eigenvalue weighted by Gasteiger charge is -2.29.